The van der Waals surface area contributed by atoms with Crippen molar-refractivity contribution in [3.8, 4) is 0 Å². The quantitative estimate of drug-likeness (QED) is 0.584. The van der Waals surface area contributed by atoms with Gasteiger partial charge in [0.25, 0.3) is 0 Å². The number of carboxylic acid groups (broad SMARTS) is 1. The maximum Gasteiger partial charge on any atom is 0.329 e. The highest BCUT2D eigenvalue weighted by Gasteiger charge is 2.45. The molecule has 0 bridgehead atoms. The second-order valence-corrected chi connectivity index (χ2v) is 4.78. The lowest BCUT2D eigenvalue weighted by atomic mass is 9.77. The molecule has 3 N–H and O–H groups in total. The topological polar surface area (TPSA) is 81.7 Å². The largest absolute Gasteiger partial charge is 0.480 e. The van der Waals surface area contributed by atoms with E-state index >= 15 is 0 Å². The first-order chi connectivity index (χ1) is 7.96. The van der Waals surface area contributed by atoms with Crippen LogP contribution in [0.5, 0.6) is 0 Å². The summed E-state index contributed by atoms with van der Waals surface area (Å²) in [5.41, 5.74) is -1.02. The van der Waals surface area contributed by atoms with Gasteiger partial charge in [0.1, 0.15) is 5.54 Å². The summed E-state index contributed by atoms with van der Waals surface area (Å²) in [7, 11) is 3.93. The van der Waals surface area contributed by atoms with Gasteiger partial charge in [-0.25, -0.2) is 9.59 Å². The van der Waals surface area contributed by atoms with E-state index in [0.29, 0.717) is 19.4 Å². The number of hydrogen-bond donors (Lipinski definition) is 3. The molecule has 0 heterocycles. The minimum atomic E-state index is -1.02. The third-order valence-electron chi connectivity index (χ3n) is 3.04. The molecule has 6 heteroatoms. The number of amides is 2. The summed E-state index contributed by atoms with van der Waals surface area (Å²) in [6.45, 7) is 1.45. The molecule has 6 nitrogen and oxygen atoms in total. The van der Waals surface area contributed by atoms with Crippen molar-refractivity contribution in [1.29, 1.82) is 0 Å². The van der Waals surface area contributed by atoms with Gasteiger partial charge in [-0.2, -0.15) is 0 Å². The van der Waals surface area contributed by atoms with Crippen LogP contribution in [0.1, 0.15) is 25.7 Å². The average Bonchev–Trinajstić information content (AvgIpc) is 2.17. The van der Waals surface area contributed by atoms with Crippen molar-refractivity contribution >= 4 is 12.0 Å². The number of hydrogen-bond acceptors (Lipinski definition) is 3. The lowest BCUT2D eigenvalue weighted by Gasteiger charge is -2.38. The van der Waals surface area contributed by atoms with Gasteiger partial charge in [0.2, 0.25) is 0 Å². The van der Waals surface area contributed by atoms with Gasteiger partial charge in [0, 0.05) is 6.54 Å². The lowest BCUT2D eigenvalue weighted by Crippen LogP contribution is -2.61. The molecule has 1 rings (SSSR count). The lowest BCUT2D eigenvalue weighted by molar-refractivity contribution is -0.148. The van der Waals surface area contributed by atoms with E-state index in [1.165, 1.54) is 0 Å². The monoisotopic (exact) mass is 243 g/mol. The van der Waals surface area contributed by atoms with Gasteiger partial charge in [-0.1, -0.05) is 0 Å². The highest BCUT2D eigenvalue weighted by atomic mass is 16.4. The van der Waals surface area contributed by atoms with E-state index in [2.05, 4.69) is 10.6 Å². The summed E-state index contributed by atoms with van der Waals surface area (Å²) in [4.78, 5) is 24.5. The summed E-state index contributed by atoms with van der Waals surface area (Å²) in [6, 6.07) is -0.383. The number of nitrogens with zero attached hydrogens (tertiary/aromatic N) is 1. The average molecular weight is 243 g/mol. The summed E-state index contributed by atoms with van der Waals surface area (Å²) in [6.07, 6.45) is 2.74. The summed E-state index contributed by atoms with van der Waals surface area (Å²) < 4.78 is 0. The SMILES string of the molecule is CN(C)CCCNC(=O)NC1(C(=O)O)CCC1. The van der Waals surface area contributed by atoms with Crippen molar-refractivity contribution < 1.29 is 14.7 Å². The number of rotatable bonds is 6. The number of carbonyl (C=O) groups is 2. The van der Waals surface area contributed by atoms with Crippen LogP contribution < -0.4 is 10.6 Å². The molecule has 1 aliphatic carbocycles. The summed E-state index contributed by atoms with van der Waals surface area (Å²) in [5.74, 6) is -0.938. The zero-order chi connectivity index (χ0) is 12.9. The van der Waals surface area contributed by atoms with Crippen LogP contribution in [0, 0.1) is 0 Å². The maximum atomic E-state index is 11.5. The number of carboxylic acids is 1. The van der Waals surface area contributed by atoms with Crippen LogP contribution in [-0.2, 0) is 4.79 Å². The maximum absolute atomic E-state index is 11.5. The second-order valence-electron chi connectivity index (χ2n) is 4.78. The van der Waals surface area contributed by atoms with Crippen LogP contribution >= 0.6 is 0 Å². The van der Waals surface area contributed by atoms with Crippen LogP contribution in [0.15, 0.2) is 0 Å². The molecule has 1 aliphatic rings. The van der Waals surface area contributed by atoms with Crippen LogP contribution in [0.3, 0.4) is 0 Å². The number of urea groups is 1. The highest BCUT2D eigenvalue weighted by Crippen LogP contribution is 2.31. The fourth-order valence-corrected chi connectivity index (χ4v) is 1.78. The molecule has 2 amide bonds. The van der Waals surface area contributed by atoms with Gasteiger partial charge < -0.3 is 20.6 Å². The van der Waals surface area contributed by atoms with Crippen molar-refractivity contribution in [3.63, 3.8) is 0 Å². The van der Waals surface area contributed by atoms with Crippen LogP contribution in [0.2, 0.25) is 0 Å². The Hall–Kier alpha value is -1.30. The Bertz CT molecular complexity index is 288. The third kappa shape index (κ3) is 3.89. The fraction of sp³-hybridized carbons (Fsp3) is 0.818. The predicted octanol–water partition coefficient (Wildman–Crippen LogP) is 0.245. The van der Waals surface area contributed by atoms with Crippen molar-refractivity contribution in [2.75, 3.05) is 27.2 Å². The number of nitrogens with one attached hydrogen (secondary N) is 2. The van der Waals surface area contributed by atoms with Crippen molar-refractivity contribution in [2.24, 2.45) is 0 Å². The Morgan fingerprint density at radius 2 is 2.00 bits per heavy atom. The Labute approximate surface area is 101 Å². The van der Waals surface area contributed by atoms with E-state index in [1.807, 2.05) is 19.0 Å². The molecule has 1 saturated carbocycles. The van der Waals surface area contributed by atoms with E-state index in [1.54, 1.807) is 0 Å². The normalized spacial score (nSPS) is 17.4. The van der Waals surface area contributed by atoms with Crippen molar-refractivity contribution in [1.82, 2.24) is 15.5 Å². The Morgan fingerprint density at radius 1 is 1.35 bits per heavy atom. The van der Waals surface area contributed by atoms with Gasteiger partial charge in [0.15, 0.2) is 0 Å². The zero-order valence-electron chi connectivity index (χ0n) is 10.5. The first-order valence-electron chi connectivity index (χ1n) is 5.90. The van der Waals surface area contributed by atoms with Crippen LogP contribution in [0.4, 0.5) is 4.79 Å². The first kappa shape index (κ1) is 13.8. The van der Waals surface area contributed by atoms with Crippen molar-refractivity contribution in [3.05, 3.63) is 0 Å². The minimum absolute atomic E-state index is 0.383. The van der Waals surface area contributed by atoms with Gasteiger partial charge in [-0.15, -0.1) is 0 Å². The third-order valence-corrected chi connectivity index (χ3v) is 3.04. The van der Waals surface area contributed by atoms with E-state index < -0.39 is 11.5 Å². The van der Waals surface area contributed by atoms with Gasteiger partial charge in [-0.3, -0.25) is 0 Å². The van der Waals surface area contributed by atoms with Gasteiger partial charge >= 0.3 is 12.0 Å². The number of aliphatic carboxylic acids is 1. The molecule has 0 unspecified atom stereocenters. The molecule has 0 spiro atoms. The standard InChI is InChI=1S/C11H21N3O3/c1-14(2)8-4-7-12-10(17)13-11(9(15)16)5-3-6-11/h3-8H2,1-2H3,(H,15,16)(H2,12,13,17). The molecule has 98 valence electrons. The Kier molecular flexibility index (Phi) is 4.74. The highest BCUT2D eigenvalue weighted by molar-refractivity contribution is 5.87. The first-order valence-corrected chi connectivity index (χ1v) is 5.90. The van der Waals surface area contributed by atoms with E-state index in [4.69, 9.17) is 5.11 Å². The summed E-state index contributed by atoms with van der Waals surface area (Å²) >= 11 is 0. The molecule has 0 atom stereocenters. The Balaban J connectivity index is 2.22. The molecular weight excluding hydrogens is 222 g/mol. The van der Waals surface area contributed by atoms with E-state index in [0.717, 1.165) is 19.4 Å². The van der Waals surface area contributed by atoms with Crippen LogP contribution in [-0.4, -0.2) is 54.7 Å². The molecule has 0 aromatic rings. The molecule has 17 heavy (non-hydrogen) atoms. The zero-order valence-corrected chi connectivity index (χ0v) is 10.5. The fourth-order valence-electron chi connectivity index (χ4n) is 1.78. The van der Waals surface area contributed by atoms with E-state index in [9.17, 15) is 9.59 Å². The van der Waals surface area contributed by atoms with Crippen molar-refractivity contribution in [2.45, 2.75) is 31.2 Å². The van der Waals surface area contributed by atoms with E-state index in [-0.39, 0.29) is 6.03 Å². The molecule has 0 saturated heterocycles. The Morgan fingerprint density at radius 3 is 2.41 bits per heavy atom. The smallest absolute Gasteiger partial charge is 0.329 e. The molecule has 0 aromatic carbocycles. The van der Waals surface area contributed by atoms with Crippen LogP contribution in [0.25, 0.3) is 0 Å². The van der Waals surface area contributed by atoms with Gasteiger partial charge in [0.05, 0.1) is 0 Å². The molecule has 0 radical (unpaired) electrons. The molecule has 0 aliphatic heterocycles. The molecule has 1 fully saturated rings. The minimum Gasteiger partial charge on any atom is -0.480 e. The number of carbonyl (C=O) groups excluding carboxylic acids is 1. The molecular formula is C11H21N3O3. The predicted molar refractivity (Wildman–Crippen MR) is 63.9 cm³/mol. The molecule has 0 aromatic heterocycles. The summed E-state index contributed by atoms with van der Waals surface area (Å²) in [5, 5.41) is 14.3. The van der Waals surface area contributed by atoms with Gasteiger partial charge in [-0.05, 0) is 46.3 Å². The second kappa shape index (κ2) is 5.86.